The van der Waals surface area contributed by atoms with Crippen molar-refractivity contribution in [3.8, 4) is 17.2 Å². The van der Waals surface area contributed by atoms with E-state index in [1.54, 1.807) is 19.4 Å². The Morgan fingerprint density at radius 3 is 2.24 bits per heavy atom. The largest absolute Gasteiger partial charge is 0.495 e. The number of rotatable bonds is 7. The van der Waals surface area contributed by atoms with Gasteiger partial charge < -0.3 is 20.1 Å². The van der Waals surface area contributed by atoms with Crippen LogP contribution in [0.1, 0.15) is 0 Å². The first-order valence-electron chi connectivity index (χ1n) is 9.13. The van der Waals surface area contributed by atoms with E-state index in [9.17, 15) is 0 Å². The van der Waals surface area contributed by atoms with E-state index in [2.05, 4.69) is 20.6 Å². The molecule has 0 spiro atoms. The van der Waals surface area contributed by atoms with Gasteiger partial charge in [0.05, 0.1) is 12.8 Å². The number of anilines is 4. The van der Waals surface area contributed by atoms with E-state index in [0.29, 0.717) is 11.8 Å². The third-order valence-corrected chi connectivity index (χ3v) is 4.11. The van der Waals surface area contributed by atoms with E-state index >= 15 is 0 Å². The summed E-state index contributed by atoms with van der Waals surface area (Å²) in [6, 6.07) is 26.8. The zero-order valence-corrected chi connectivity index (χ0v) is 15.9. The Hall–Kier alpha value is -4.06. The average molecular weight is 384 g/mol. The minimum atomic E-state index is 0.488. The molecule has 0 saturated carbocycles. The number of nitrogens with zero attached hydrogens (tertiary/aromatic N) is 2. The molecule has 2 N–H and O–H groups in total. The molecule has 1 heterocycles. The van der Waals surface area contributed by atoms with E-state index in [1.807, 2.05) is 78.9 Å². The second-order valence-electron chi connectivity index (χ2n) is 6.16. The summed E-state index contributed by atoms with van der Waals surface area (Å²) in [4.78, 5) is 8.79. The molecule has 0 saturated heterocycles. The fourth-order valence-electron chi connectivity index (χ4n) is 2.73. The molecule has 0 radical (unpaired) electrons. The molecular weight excluding hydrogens is 364 g/mol. The first-order valence-corrected chi connectivity index (χ1v) is 9.13. The van der Waals surface area contributed by atoms with Crippen LogP contribution in [-0.4, -0.2) is 17.1 Å². The van der Waals surface area contributed by atoms with Crippen molar-refractivity contribution in [2.45, 2.75) is 0 Å². The normalized spacial score (nSPS) is 10.2. The Balaban J connectivity index is 1.44. The lowest BCUT2D eigenvalue weighted by Crippen LogP contribution is -2.01. The topological polar surface area (TPSA) is 68.3 Å². The zero-order chi connectivity index (χ0) is 19.9. The van der Waals surface area contributed by atoms with Crippen molar-refractivity contribution in [2.24, 2.45) is 0 Å². The maximum Gasteiger partial charge on any atom is 0.229 e. The highest BCUT2D eigenvalue weighted by atomic mass is 16.5. The van der Waals surface area contributed by atoms with Gasteiger partial charge in [-0.3, -0.25) is 0 Å². The molecule has 0 fully saturated rings. The van der Waals surface area contributed by atoms with Crippen LogP contribution in [0.3, 0.4) is 0 Å². The van der Waals surface area contributed by atoms with Crippen LogP contribution >= 0.6 is 0 Å². The van der Waals surface area contributed by atoms with Crippen LogP contribution in [0.5, 0.6) is 17.2 Å². The van der Waals surface area contributed by atoms with Gasteiger partial charge in [-0.15, -0.1) is 0 Å². The van der Waals surface area contributed by atoms with Crippen LogP contribution in [0, 0.1) is 0 Å². The Morgan fingerprint density at radius 2 is 1.45 bits per heavy atom. The molecule has 4 rings (SSSR count). The molecule has 3 aromatic carbocycles. The lowest BCUT2D eigenvalue weighted by molar-refractivity contribution is 0.417. The van der Waals surface area contributed by atoms with Crippen molar-refractivity contribution in [2.75, 3.05) is 17.7 Å². The highest BCUT2D eigenvalue weighted by Gasteiger charge is 2.05. The molecule has 29 heavy (non-hydrogen) atoms. The lowest BCUT2D eigenvalue weighted by Gasteiger charge is -2.11. The standard InChI is InChI=1S/C23H20N4O2/c1-28-21-10-6-5-9-20(21)26-22-15-16-24-23(27-22)25-17-11-13-19(14-12-17)29-18-7-3-2-4-8-18/h2-16H,1H3,(H2,24,25,26,27). The van der Waals surface area contributed by atoms with Crippen molar-refractivity contribution >= 4 is 23.1 Å². The summed E-state index contributed by atoms with van der Waals surface area (Å²) >= 11 is 0. The summed E-state index contributed by atoms with van der Waals surface area (Å²) in [6.07, 6.45) is 1.69. The molecule has 0 aliphatic carbocycles. The Labute approximate surface area is 169 Å². The summed E-state index contributed by atoms with van der Waals surface area (Å²) in [5, 5.41) is 6.45. The summed E-state index contributed by atoms with van der Waals surface area (Å²) in [6.45, 7) is 0. The number of benzene rings is 3. The second-order valence-corrected chi connectivity index (χ2v) is 6.16. The number of aromatic nitrogens is 2. The van der Waals surface area contributed by atoms with Gasteiger partial charge in [0.2, 0.25) is 5.95 Å². The maximum atomic E-state index is 5.81. The molecule has 0 atom stereocenters. The minimum Gasteiger partial charge on any atom is -0.495 e. The van der Waals surface area contributed by atoms with Crippen LogP contribution in [0.4, 0.5) is 23.1 Å². The molecule has 0 unspecified atom stereocenters. The fraction of sp³-hybridized carbons (Fsp3) is 0.0435. The minimum absolute atomic E-state index is 0.488. The molecule has 0 aliphatic heterocycles. The lowest BCUT2D eigenvalue weighted by atomic mass is 10.3. The Kier molecular flexibility index (Phi) is 5.53. The number of methoxy groups -OCH3 is 1. The van der Waals surface area contributed by atoms with Gasteiger partial charge in [-0.25, -0.2) is 4.98 Å². The summed E-state index contributed by atoms with van der Waals surface area (Å²) in [7, 11) is 1.64. The maximum absolute atomic E-state index is 5.81. The predicted molar refractivity (Wildman–Crippen MR) is 115 cm³/mol. The molecule has 144 valence electrons. The third kappa shape index (κ3) is 4.81. The van der Waals surface area contributed by atoms with Crippen molar-refractivity contribution in [3.05, 3.63) is 91.1 Å². The molecule has 0 aliphatic rings. The summed E-state index contributed by atoms with van der Waals surface area (Å²) in [5.41, 5.74) is 1.70. The van der Waals surface area contributed by atoms with Crippen molar-refractivity contribution in [1.82, 2.24) is 9.97 Å². The van der Waals surface area contributed by atoms with Gasteiger partial charge in [-0.1, -0.05) is 30.3 Å². The van der Waals surface area contributed by atoms with Crippen molar-refractivity contribution < 1.29 is 9.47 Å². The molecule has 1 aromatic heterocycles. The fourth-order valence-corrected chi connectivity index (χ4v) is 2.73. The van der Waals surface area contributed by atoms with Crippen LogP contribution in [0.15, 0.2) is 91.1 Å². The molecule has 0 bridgehead atoms. The number of para-hydroxylation sites is 3. The Morgan fingerprint density at radius 1 is 0.724 bits per heavy atom. The monoisotopic (exact) mass is 384 g/mol. The van der Waals surface area contributed by atoms with Gasteiger partial charge in [0.25, 0.3) is 0 Å². The summed E-state index contributed by atoms with van der Waals surface area (Å²) < 4.78 is 11.2. The molecule has 6 heteroatoms. The number of ether oxygens (including phenoxy) is 2. The first-order chi connectivity index (χ1) is 14.3. The molecule has 0 amide bonds. The number of nitrogens with one attached hydrogen (secondary N) is 2. The van der Waals surface area contributed by atoms with Crippen LogP contribution in [-0.2, 0) is 0 Å². The molecular formula is C23H20N4O2. The highest BCUT2D eigenvalue weighted by molar-refractivity contribution is 5.65. The van der Waals surface area contributed by atoms with Crippen molar-refractivity contribution in [1.29, 1.82) is 0 Å². The average Bonchev–Trinajstić information content (AvgIpc) is 2.77. The van der Waals surface area contributed by atoms with Gasteiger partial charge in [0.15, 0.2) is 0 Å². The quantitative estimate of drug-likeness (QED) is 0.422. The Bertz CT molecular complexity index is 1070. The first kappa shape index (κ1) is 18.3. The van der Waals surface area contributed by atoms with Gasteiger partial charge in [0.1, 0.15) is 23.1 Å². The van der Waals surface area contributed by atoms with Gasteiger partial charge >= 0.3 is 0 Å². The number of hydrogen-bond acceptors (Lipinski definition) is 6. The van der Waals surface area contributed by atoms with E-state index in [1.165, 1.54) is 0 Å². The molecule has 4 aromatic rings. The van der Waals surface area contributed by atoms with Crippen LogP contribution in [0.2, 0.25) is 0 Å². The third-order valence-electron chi connectivity index (χ3n) is 4.11. The van der Waals surface area contributed by atoms with Gasteiger partial charge in [-0.05, 0) is 54.6 Å². The second kappa shape index (κ2) is 8.75. The molecule has 6 nitrogen and oxygen atoms in total. The number of hydrogen-bond donors (Lipinski definition) is 2. The van der Waals surface area contributed by atoms with Gasteiger partial charge in [0, 0.05) is 11.9 Å². The summed E-state index contributed by atoms with van der Waals surface area (Å²) in [5.74, 6) is 3.45. The van der Waals surface area contributed by atoms with Crippen LogP contribution < -0.4 is 20.1 Å². The van der Waals surface area contributed by atoms with Crippen molar-refractivity contribution in [3.63, 3.8) is 0 Å². The SMILES string of the molecule is COc1ccccc1Nc1ccnc(Nc2ccc(Oc3ccccc3)cc2)n1. The smallest absolute Gasteiger partial charge is 0.229 e. The van der Waals surface area contributed by atoms with E-state index in [4.69, 9.17) is 9.47 Å². The van der Waals surface area contributed by atoms with E-state index in [-0.39, 0.29) is 0 Å². The zero-order valence-electron chi connectivity index (χ0n) is 15.9. The van der Waals surface area contributed by atoms with Gasteiger partial charge in [-0.2, -0.15) is 4.98 Å². The van der Waals surface area contributed by atoms with E-state index < -0.39 is 0 Å². The predicted octanol–water partition coefficient (Wildman–Crippen LogP) is 5.76. The highest BCUT2D eigenvalue weighted by Crippen LogP contribution is 2.27. The van der Waals surface area contributed by atoms with E-state index in [0.717, 1.165) is 28.6 Å². The van der Waals surface area contributed by atoms with Crippen LogP contribution in [0.25, 0.3) is 0 Å².